The van der Waals surface area contributed by atoms with E-state index in [2.05, 4.69) is 17.6 Å². The Balaban J connectivity index is 2.50. The van der Waals surface area contributed by atoms with Gasteiger partial charge in [-0.3, -0.25) is 9.59 Å². The molecule has 1 amide bonds. The third-order valence-electron chi connectivity index (χ3n) is 3.68. The Morgan fingerprint density at radius 2 is 2.26 bits per heavy atom. The molecule has 19 heavy (non-hydrogen) atoms. The summed E-state index contributed by atoms with van der Waals surface area (Å²) >= 11 is 0. The lowest BCUT2D eigenvalue weighted by molar-refractivity contribution is -0.140. The van der Waals surface area contributed by atoms with Crippen LogP contribution in [0.15, 0.2) is 0 Å². The molecule has 1 heterocycles. The van der Waals surface area contributed by atoms with E-state index in [0.29, 0.717) is 6.54 Å². The highest BCUT2D eigenvalue weighted by atomic mass is 16.5. The second kappa shape index (κ2) is 7.45. The number of ether oxygens (including phenoxy) is 1. The normalized spacial score (nSPS) is 24.1. The highest BCUT2D eigenvalue weighted by molar-refractivity contribution is 5.83. The highest BCUT2D eigenvalue weighted by Crippen LogP contribution is 2.31. The average molecular weight is 272 g/mol. The number of hydrogen-bond donors (Lipinski definition) is 3. The van der Waals surface area contributed by atoms with Crippen LogP contribution in [0.2, 0.25) is 0 Å². The Morgan fingerprint density at radius 1 is 1.53 bits per heavy atom. The van der Waals surface area contributed by atoms with Gasteiger partial charge in [0.25, 0.3) is 0 Å². The summed E-state index contributed by atoms with van der Waals surface area (Å²) in [5, 5.41) is 14.8. The van der Waals surface area contributed by atoms with Crippen LogP contribution < -0.4 is 10.6 Å². The van der Waals surface area contributed by atoms with E-state index in [4.69, 9.17) is 9.84 Å². The number of carbonyl (C=O) groups is 2. The third-order valence-corrected chi connectivity index (χ3v) is 3.68. The molecule has 0 bridgehead atoms. The van der Waals surface area contributed by atoms with Gasteiger partial charge in [-0.1, -0.05) is 13.3 Å². The van der Waals surface area contributed by atoms with Gasteiger partial charge >= 0.3 is 5.97 Å². The molecule has 2 atom stereocenters. The summed E-state index contributed by atoms with van der Waals surface area (Å²) in [7, 11) is 1.46. The molecule has 0 aromatic rings. The molecule has 6 heteroatoms. The molecular formula is C13H24N2O4. The molecule has 1 fully saturated rings. The van der Waals surface area contributed by atoms with Gasteiger partial charge in [0.1, 0.15) is 0 Å². The first kappa shape index (κ1) is 15.9. The molecule has 2 unspecified atom stereocenters. The molecule has 0 saturated carbocycles. The Hall–Kier alpha value is -1.14. The van der Waals surface area contributed by atoms with Crippen molar-refractivity contribution in [3.05, 3.63) is 0 Å². The number of aliphatic carboxylic acids is 1. The van der Waals surface area contributed by atoms with Gasteiger partial charge < -0.3 is 20.5 Å². The van der Waals surface area contributed by atoms with Crippen LogP contribution in [0.3, 0.4) is 0 Å². The molecule has 0 spiro atoms. The third kappa shape index (κ3) is 4.47. The van der Waals surface area contributed by atoms with E-state index in [9.17, 15) is 9.59 Å². The van der Waals surface area contributed by atoms with Crippen LogP contribution in [0.5, 0.6) is 0 Å². The van der Waals surface area contributed by atoms with Gasteiger partial charge in [0.2, 0.25) is 5.91 Å². The fourth-order valence-electron chi connectivity index (χ4n) is 2.57. The van der Waals surface area contributed by atoms with E-state index in [1.165, 1.54) is 7.11 Å². The van der Waals surface area contributed by atoms with Crippen LogP contribution in [-0.4, -0.2) is 49.8 Å². The van der Waals surface area contributed by atoms with Gasteiger partial charge in [-0.05, 0) is 19.4 Å². The van der Waals surface area contributed by atoms with E-state index in [0.717, 1.165) is 25.8 Å². The SMILES string of the molecule is CCCC1(C(=O)NCC(CC(=O)O)OC)CCNC1. The van der Waals surface area contributed by atoms with Gasteiger partial charge in [0.15, 0.2) is 0 Å². The van der Waals surface area contributed by atoms with E-state index in [1.807, 2.05) is 0 Å². The zero-order valence-electron chi connectivity index (χ0n) is 11.7. The fourth-order valence-corrected chi connectivity index (χ4v) is 2.57. The Labute approximate surface area is 113 Å². The summed E-state index contributed by atoms with van der Waals surface area (Å²) in [6.45, 7) is 3.86. The van der Waals surface area contributed by atoms with E-state index < -0.39 is 12.1 Å². The summed E-state index contributed by atoms with van der Waals surface area (Å²) in [6, 6.07) is 0. The Bertz CT molecular complexity index is 314. The van der Waals surface area contributed by atoms with Crippen molar-refractivity contribution in [2.75, 3.05) is 26.7 Å². The number of nitrogens with one attached hydrogen (secondary N) is 2. The molecule has 110 valence electrons. The maximum Gasteiger partial charge on any atom is 0.306 e. The van der Waals surface area contributed by atoms with Gasteiger partial charge in [-0.15, -0.1) is 0 Å². The average Bonchev–Trinajstić information content (AvgIpc) is 2.84. The summed E-state index contributed by atoms with van der Waals surface area (Å²) in [5.41, 5.74) is -0.337. The molecule has 0 aromatic carbocycles. The van der Waals surface area contributed by atoms with Crippen molar-refractivity contribution < 1.29 is 19.4 Å². The molecule has 1 saturated heterocycles. The Morgan fingerprint density at radius 3 is 2.74 bits per heavy atom. The van der Waals surface area contributed by atoms with Crippen LogP contribution in [0, 0.1) is 5.41 Å². The van der Waals surface area contributed by atoms with Crippen molar-refractivity contribution >= 4 is 11.9 Å². The second-order valence-corrected chi connectivity index (χ2v) is 5.12. The second-order valence-electron chi connectivity index (χ2n) is 5.12. The molecule has 6 nitrogen and oxygen atoms in total. The molecule has 3 N–H and O–H groups in total. The largest absolute Gasteiger partial charge is 0.481 e. The number of carboxylic acid groups (broad SMARTS) is 1. The van der Waals surface area contributed by atoms with Crippen molar-refractivity contribution in [1.82, 2.24) is 10.6 Å². The molecule has 0 radical (unpaired) electrons. The van der Waals surface area contributed by atoms with Crippen LogP contribution in [0.25, 0.3) is 0 Å². The first-order valence-corrected chi connectivity index (χ1v) is 6.77. The standard InChI is InChI=1S/C13H24N2O4/c1-3-4-13(5-6-14-9-13)12(18)15-8-10(19-2)7-11(16)17/h10,14H,3-9H2,1-2H3,(H,15,18)(H,16,17). The number of rotatable bonds is 8. The predicted octanol–water partition coefficient (Wildman–Crippen LogP) is 0.372. The van der Waals surface area contributed by atoms with Crippen LogP contribution in [0.4, 0.5) is 0 Å². The van der Waals surface area contributed by atoms with E-state index >= 15 is 0 Å². The number of amides is 1. The van der Waals surface area contributed by atoms with Gasteiger partial charge in [0, 0.05) is 20.2 Å². The molecule has 1 aliphatic heterocycles. The van der Waals surface area contributed by atoms with Gasteiger partial charge in [0.05, 0.1) is 17.9 Å². The molecule has 0 aromatic heterocycles. The number of carboxylic acids is 1. The zero-order chi connectivity index (χ0) is 14.3. The summed E-state index contributed by atoms with van der Waals surface area (Å²) in [4.78, 5) is 22.9. The lowest BCUT2D eigenvalue weighted by Crippen LogP contribution is -2.45. The lowest BCUT2D eigenvalue weighted by Gasteiger charge is -2.27. The number of carbonyl (C=O) groups excluding carboxylic acids is 1. The topological polar surface area (TPSA) is 87.7 Å². The van der Waals surface area contributed by atoms with Crippen LogP contribution in [-0.2, 0) is 14.3 Å². The van der Waals surface area contributed by atoms with Crippen LogP contribution in [0.1, 0.15) is 32.6 Å². The summed E-state index contributed by atoms with van der Waals surface area (Å²) < 4.78 is 5.06. The summed E-state index contributed by atoms with van der Waals surface area (Å²) in [6.07, 6.45) is 2.06. The predicted molar refractivity (Wildman–Crippen MR) is 70.9 cm³/mol. The first-order valence-electron chi connectivity index (χ1n) is 6.77. The Kier molecular flexibility index (Phi) is 6.24. The molecule has 1 rings (SSSR count). The van der Waals surface area contributed by atoms with Gasteiger partial charge in [-0.2, -0.15) is 0 Å². The number of methoxy groups -OCH3 is 1. The highest BCUT2D eigenvalue weighted by Gasteiger charge is 2.40. The van der Waals surface area contributed by atoms with E-state index in [1.54, 1.807) is 0 Å². The van der Waals surface area contributed by atoms with Crippen molar-refractivity contribution in [3.63, 3.8) is 0 Å². The maximum atomic E-state index is 12.3. The van der Waals surface area contributed by atoms with E-state index in [-0.39, 0.29) is 24.3 Å². The maximum absolute atomic E-state index is 12.3. The van der Waals surface area contributed by atoms with Crippen molar-refractivity contribution in [1.29, 1.82) is 0 Å². The molecule has 1 aliphatic rings. The minimum Gasteiger partial charge on any atom is -0.481 e. The minimum absolute atomic E-state index is 0.00629. The fraction of sp³-hybridized carbons (Fsp3) is 0.846. The van der Waals surface area contributed by atoms with Crippen molar-refractivity contribution in [2.24, 2.45) is 5.41 Å². The quantitative estimate of drug-likeness (QED) is 0.594. The summed E-state index contributed by atoms with van der Waals surface area (Å²) in [5.74, 6) is -0.918. The molecular weight excluding hydrogens is 248 g/mol. The number of hydrogen-bond acceptors (Lipinski definition) is 4. The monoisotopic (exact) mass is 272 g/mol. The zero-order valence-corrected chi connectivity index (χ0v) is 11.7. The lowest BCUT2D eigenvalue weighted by atomic mass is 9.81. The first-order chi connectivity index (χ1) is 9.04. The van der Waals surface area contributed by atoms with Crippen LogP contribution >= 0.6 is 0 Å². The van der Waals surface area contributed by atoms with Crippen molar-refractivity contribution in [3.8, 4) is 0 Å². The van der Waals surface area contributed by atoms with Gasteiger partial charge in [-0.25, -0.2) is 0 Å². The smallest absolute Gasteiger partial charge is 0.306 e. The molecule has 0 aliphatic carbocycles. The minimum atomic E-state index is -0.924. The van der Waals surface area contributed by atoms with Crippen molar-refractivity contribution in [2.45, 2.75) is 38.7 Å².